The fourth-order valence-electron chi connectivity index (χ4n) is 2.08. The Kier molecular flexibility index (Phi) is 11.9. The van der Waals surface area contributed by atoms with Crippen molar-refractivity contribution in [2.75, 3.05) is 12.3 Å². The minimum Gasteiger partial charge on any atom is -0.481 e. The standard InChI is InChI=1S/C16H28N4O7S/c1-3-8(2)13(20-14(24)9(17)4-5-12(22)23)15(25)18-6-11(21)19-10(7-28)16(26)27/h8-10,13,28H,3-7,17H2,1-2H3,(H,18,25)(H,19,21)(H,20,24)(H,22,23)(H,26,27). The van der Waals surface area contributed by atoms with Crippen molar-refractivity contribution in [3.05, 3.63) is 0 Å². The van der Waals surface area contributed by atoms with Gasteiger partial charge >= 0.3 is 11.9 Å². The largest absolute Gasteiger partial charge is 0.481 e. The maximum Gasteiger partial charge on any atom is 0.327 e. The zero-order valence-electron chi connectivity index (χ0n) is 15.8. The summed E-state index contributed by atoms with van der Waals surface area (Å²) < 4.78 is 0. The Morgan fingerprint density at radius 3 is 2.14 bits per heavy atom. The first-order valence-corrected chi connectivity index (χ1v) is 9.35. The van der Waals surface area contributed by atoms with Gasteiger partial charge in [-0.15, -0.1) is 0 Å². The molecule has 0 saturated carbocycles. The number of nitrogens with one attached hydrogen (secondary N) is 3. The lowest BCUT2D eigenvalue weighted by Gasteiger charge is -2.25. The second-order valence-electron chi connectivity index (χ2n) is 6.27. The van der Waals surface area contributed by atoms with E-state index in [4.69, 9.17) is 15.9 Å². The third kappa shape index (κ3) is 9.55. The zero-order chi connectivity index (χ0) is 21.9. The SMILES string of the molecule is CCC(C)C(NC(=O)C(N)CCC(=O)O)C(=O)NCC(=O)NC(CS)C(=O)O. The molecule has 0 aromatic carbocycles. The Morgan fingerprint density at radius 2 is 1.68 bits per heavy atom. The van der Waals surface area contributed by atoms with Gasteiger partial charge in [-0.3, -0.25) is 19.2 Å². The van der Waals surface area contributed by atoms with Crippen molar-refractivity contribution in [1.29, 1.82) is 0 Å². The van der Waals surface area contributed by atoms with E-state index in [9.17, 15) is 24.0 Å². The molecule has 4 atom stereocenters. The van der Waals surface area contributed by atoms with E-state index in [0.29, 0.717) is 6.42 Å². The smallest absolute Gasteiger partial charge is 0.327 e. The van der Waals surface area contributed by atoms with Gasteiger partial charge in [0.25, 0.3) is 0 Å². The number of nitrogens with two attached hydrogens (primary N) is 1. The molecule has 0 spiro atoms. The number of carboxylic acids is 2. The monoisotopic (exact) mass is 420 g/mol. The molecule has 7 N–H and O–H groups in total. The predicted octanol–water partition coefficient (Wildman–Crippen LogP) is -1.68. The number of carboxylic acid groups (broad SMARTS) is 2. The van der Waals surface area contributed by atoms with Gasteiger partial charge in [-0.25, -0.2) is 4.79 Å². The van der Waals surface area contributed by atoms with Crippen molar-refractivity contribution in [1.82, 2.24) is 16.0 Å². The highest BCUT2D eigenvalue weighted by Crippen LogP contribution is 2.09. The molecule has 11 nitrogen and oxygen atoms in total. The van der Waals surface area contributed by atoms with Crippen LogP contribution in [0.3, 0.4) is 0 Å². The Balaban J connectivity index is 4.81. The Morgan fingerprint density at radius 1 is 1.07 bits per heavy atom. The van der Waals surface area contributed by atoms with Gasteiger partial charge in [0.1, 0.15) is 12.1 Å². The highest BCUT2D eigenvalue weighted by atomic mass is 32.1. The molecule has 12 heteroatoms. The van der Waals surface area contributed by atoms with E-state index in [2.05, 4.69) is 28.6 Å². The van der Waals surface area contributed by atoms with E-state index in [1.165, 1.54) is 0 Å². The molecule has 4 unspecified atom stereocenters. The van der Waals surface area contributed by atoms with Crippen LogP contribution in [0.5, 0.6) is 0 Å². The van der Waals surface area contributed by atoms with Gasteiger partial charge in [-0.05, 0) is 12.3 Å². The highest BCUT2D eigenvalue weighted by Gasteiger charge is 2.28. The van der Waals surface area contributed by atoms with Gasteiger partial charge in [-0.2, -0.15) is 12.6 Å². The van der Waals surface area contributed by atoms with Gasteiger partial charge in [0, 0.05) is 12.2 Å². The summed E-state index contributed by atoms with van der Waals surface area (Å²) in [4.78, 5) is 57.7. The summed E-state index contributed by atoms with van der Waals surface area (Å²) in [6.07, 6.45) is 0.166. The number of hydrogen-bond donors (Lipinski definition) is 7. The molecule has 3 amide bonds. The van der Waals surface area contributed by atoms with Crippen LogP contribution in [0.4, 0.5) is 0 Å². The lowest BCUT2D eigenvalue weighted by Crippen LogP contribution is -2.55. The molecule has 160 valence electrons. The summed E-state index contributed by atoms with van der Waals surface area (Å²) in [6, 6.07) is -3.27. The van der Waals surface area contributed by atoms with Gasteiger partial charge < -0.3 is 31.9 Å². The maximum atomic E-state index is 12.4. The topological polar surface area (TPSA) is 188 Å². The summed E-state index contributed by atoms with van der Waals surface area (Å²) in [6.45, 7) is 3.04. The van der Waals surface area contributed by atoms with Crippen LogP contribution < -0.4 is 21.7 Å². The summed E-state index contributed by atoms with van der Waals surface area (Å²) in [7, 11) is 0. The maximum absolute atomic E-state index is 12.4. The van der Waals surface area contributed by atoms with E-state index in [-0.39, 0.29) is 24.5 Å². The molecule has 28 heavy (non-hydrogen) atoms. The second kappa shape index (κ2) is 12.9. The second-order valence-corrected chi connectivity index (χ2v) is 6.63. The van der Waals surface area contributed by atoms with Crippen molar-refractivity contribution < 1.29 is 34.2 Å². The van der Waals surface area contributed by atoms with Crippen molar-refractivity contribution in [2.24, 2.45) is 11.7 Å². The van der Waals surface area contributed by atoms with E-state index in [1.54, 1.807) is 13.8 Å². The van der Waals surface area contributed by atoms with Crippen molar-refractivity contribution in [2.45, 2.75) is 51.2 Å². The Bertz CT molecular complexity index is 587. The number of carbonyl (C=O) groups is 5. The number of amides is 3. The molecule has 0 heterocycles. The van der Waals surface area contributed by atoms with Gasteiger partial charge in [-0.1, -0.05) is 20.3 Å². The van der Waals surface area contributed by atoms with E-state index in [1.807, 2.05) is 0 Å². The fraction of sp³-hybridized carbons (Fsp3) is 0.688. The molecule has 0 aliphatic carbocycles. The molecule has 0 rings (SSSR count). The van der Waals surface area contributed by atoms with Crippen LogP contribution in [0.2, 0.25) is 0 Å². The van der Waals surface area contributed by atoms with Crippen LogP contribution in [0.15, 0.2) is 0 Å². The molecule has 0 aromatic heterocycles. The first kappa shape index (κ1) is 25.7. The number of hydrogen-bond acceptors (Lipinski definition) is 7. The number of carbonyl (C=O) groups excluding carboxylic acids is 3. The average Bonchev–Trinajstić information content (AvgIpc) is 2.65. The van der Waals surface area contributed by atoms with E-state index in [0.717, 1.165) is 0 Å². The van der Waals surface area contributed by atoms with Gasteiger partial charge in [0.2, 0.25) is 17.7 Å². The van der Waals surface area contributed by atoms with Crippen molar-refractivity contribution in [3.63, 3.8) is 0 Å². The van der Waals surface area contributed by atoms with Crippen LogP contribution in [0.1, 0.15) is 33.1 Å². The van der Waals surface area contributed by atoms with Gasteiger partial charge in [0.05, 0.1) is 12.6 Å². The van der Waals surface area contributed by atoms with Crippen LogP contribution in [-0.2, 0) is 24.0 Å². The first-order chi connectivity index (χ1) is 13.0. The molecule has 0 radical (unpaired) electrons. The van der Waals surface area contributed by atoms with Crippen LogP contribution in [-0.4, -0.2) is 70.3 Å². The molecule has 0 aliphatic rings. The quantitative estimate of drug-likeness (QED) is 0.172. The summed E-state index contributed by atoms with van der Waals surface area (Å²) in [5.41, 5.74) is 5.64. The van der Waals surface area contributed by atoms with Gasteiger partial charge in [0.15, 0.2) is 0 Å². The lowest BCUT2D eigenvalue weighted by atomic mass is 9.97. The van der Waals surface area contributed by atoms with Crippen LogP contribution in [0, 0.1) is 5.92 Å². The molecule has 0 saturated heterocycles. The normalized spacial score (nSPS) is 14.9. The van der Waals surface area contributed by atoms with E-state index < -0.39 is 54.3 Å². The minimum atomic E-state index is -1.25. The number of thiol groups is 1. The molecule has 0 bridgehead atoms. The Labute approximate surface area is 168 Å². The van der Waals surface area contributed by atoms with Crippen LogP contribution in [0.25, 0.3) is 0 Å². The fourth-order valence-corrected chi connectivity index (χ4v) is 2.33. The van der Waals surface area contributed by atoms with E-state index >= 15 is 0 Å². The molecular weight excluding hydrogens is 392 g/mol. The average molecular weight is 420 g/mol. The highest BCUT2D eigenvalue weighted by molar-refractivity contribution is 7.80. The third-order valence-electron chi connectivity index (χ3n) is 4.04. The first-order valence-electron chi connectivity index (χ1n) is 8.71. The van der Waals surface area contributed by atoms with Crippen molar-refractivity contribution in [3.8, 4) is 0 Å². The third-order valence-corrected chi connectivity index (χ3v) is 4.40. The number of aliphatic carboxylic acids is 2. The van der Waals surface area contributed by atoms with Crippen molar-refractivity contribution >= 4 is 42.3 Å². The summed E-state index contributed by atoms with van der Waals surface area (Å²) in [5.74, 6) is -4.78. The molecule has 0 aliphatic heterocycles. The molecule has 0 fully saturated rings. The Hall–Kier alpha value is -2.34. The summed E-state index contributed by atoms with van der Waals surface area (Å²) in [5, 5.41) is 24.5. The van der Waals surface area contributed by atoms with Crippen LogP contribution >= 0.6 is 12.6 Å². The predicted molar refractivity (Wildman–Crippen MR) is 103 cm³/mol. The minimum absolute atomic E-state index is 0.0846. The number of rotatable bonds is 13. The molecule has 0 aromatic rings. The summed E-state index contributed by atoms with van der Waals surface area (Å²) >= 11 is 3.82. The molecular formula is C16H28N4O7S. The zero-order valence-corrected chi connectivity index (χ0v) is 16.7. The lowest BCUT2D eigenvalue weighted by molar-refractivity contribution is -0.141.